The molecule has 1 aliphatic rings. The van der Waals surface area contributed by atoms with E-state index in [0.717, 1.165) is 30.5 Å². The lowest BCUT2D eigenvalue weighted by Crippen LogP contribution is -2.15. The predicted molar refractivity (Wildman–Crippen MR) is 122 cm³/mol. The molecule has 0 fully saturated rings. The molecule has 0 aliphatic heterocycles. The van der Waals surface area contributed by atoms with Crippen LogP contribution in [0.1, 0.15) is 47.2 Å². The Kier molecular flexibility index (Phi) is 5.53. The van der Waals surface area contributed by atoms with Crippen LogP contribution in [0.15, 0.2) is 47.8 Å². The van der Waals surface area contributed by atoms with Gasteiger partial charge in [-0.15, -0.1) is 16.4 Å². The molecule has 0 saturated carbocycles. The fraction of sp³-hybridized carbons (Fsp3) is 0.250. The second-order valence-corrected chi connectivity index (χ2v) is 8.76. The lowest BCUT2D eigenvalue weighted by molar-refractivity contribution is -0.116. The zero-order chi connectivity index (χ0) is 22.1. The van der Waals surface area contributed by atoms with Crippen LogP contribution in [0.25, 0.3) is 16.2 Å². The number of benzene rings is 2. The summed E-state index contributed by atoms with van der Waals surface area (Å²) >= 11 is 1.38. The summed E-state index contributed by atoms with van der Waals surface area (Å²) in [6, 6.07) is 12.0. The summed E-state index contributed by atoms with van der Waals surface area (Å²) in [6.07, 6.45) is 4.64. The molecular formula is C24H21FN4O2S. The summed E-state index contributed by atoms with van der Waals surface area (Å²) < 4.78 is 14.8. The Morgan fingerprint density at radius 1 is 1.03 bits per heavy atom. The number of rotatable bonds is 6. The number of ketones is 1. The van der Waals surface area contributed by atoms with Gasteiger partial charge in [0, 0.05) is 29.3 Å². The summed E-state index contributed by atoms with van der Waals surface area (Å²) in [6.45, 7) is 0. The van der Waals surface area contributed by atoms with Gasteiger partial charge in [-0.3, -0.25) is 14.9 Å². The van der Waals surface area contributed by atoms with E-state index in [-0.39, 0.29) is 36.3 Å². The van der Waals surface area contributed by atoms with Crippen LogP contribution in [0.3, 0.4) is 0 Å². The van der Waals surface area contributed by atoms with E-state index in [1.54, 1.807) is 16.6 Å². The average molecular weight is 449 g/mol. The molecule has 0 saturated heterocycles. The summed E-state index contributed by atoms with van der Waals surface area (Å²) in [4.78, 5) is 29.9. The van der Waals surface area contributed by atoms with Gasteiger partial charge in [-0.05, 0) is 67.1 Å². The van der Waals surface area contributed by atoms with Crippen molar-refractivity contribution in [3.05, 3.63) is 70.4 Å². The topological polar surface area (TPSA) is 76.4 Å². The van der Waals surface area contributed by atoms with E-state index in [1.807, 2.05) is 23.6 Å². The highest BCUT2D eigenvalue weighted by atomic mass is 32.1. The molecule has 0 bridgehead atoms. The molecule has 2 heterocycles. The summed E-state index contributed by atoms with van der Waals surface area (Å²) in [5.41, 5.74) is 4.82. The van der Waals surface area contributed by atoms with Crippen molar-refractivity contribution < 1.29 is 14.0 Å². The Morgan fingerprint density at radius 2 is 1.81 bits per heavy atom. The van der Waals surface area contributed by atoms with E-state index in [4.69, 9.17) is 0 Å². The van der Waals surface area contributed by atoms with Gasteiger partial charge in [0.05, 0.1) is 5.69 Å². The van der Waals surface area contributed by atoms with Gasteiger partial charge in [-0.2, -0.15) is 4.98 Å². The van der Waals surface area contributed by atoms with Gasteiger partial charge >= 0.3 is 0 Å². The first kappa shape index (κ1) is 20.5. The molecular weight excluding hydrogens is 427 g/mol. The maximum absolute atomic E-state index is 13.2. The Hall–Kier alpha value is -3.39. The Morgan fingerprint density at radius 3 is 2.62 bits per heavy atom. The number of carbonyl (C=O) groups excluding carboxylic acids is 2. The molecule has 32 heavy (non-hydrogen) atoms. The number of aryl methyl sites for hydroxylation is 2. The fourth-order valence-corrected chi connectivity index (χ4v) is 4.85. The second kappa shape index (κ2) is 8.63. The van der Waals surface area contributed by atoms with Crippen molar-refractivity contribution in [2.45, 2.75) is 38.5 Å². The summed E-state index contributed by atoms with van der Waals surface area (Å²) in [5, 5.41) is 8.91. The molecule has 1 amide bonds. The number of Topliss-reactive ketones (excluding diaryl/α,β-unsaturated/α-hetero) is 1. The molecule has 2 aromatic heterocycles. The smallest absolute Gasteiger partial charge is 0.250 e. The molecule has 1 aliphatic carbocycles. The molecule has 6 nitrogen and oxygen atoms in total. The highest BCUT2D eigenvalue weighted by Gasteiger charge is 2.16. The van der Waals surface area contributed by atoms with Crippen molar-refractivity contribution in [2.24, 2.45) is 0 Å². The van der Waals surface area contributed by atoms with Crippen molar-refractivity contribution >= 4 is 33.9 Å². The highest BCUT2D eigenvalue weighted by molar-refractivity contribution is 7.15. The van der Waals surface area contributed by atoms with Gasteiger partial charge in [-0.25, -0.2) is 8.91 Å². The van der Waals surface area contributed by atoms with Crippen molar-refractivity contribution in [3.8, 4) is 11.3 Å². The van der Waals surface area contributed by atoms with Crippen LogP contribution < -0.4 is 5.32 Å². The number of hydrogen-bond donors (Lipinski definition) is 1. The van der Waals surface area contributed by atoms with Crippen molar-refractivity contribution in [2.75, 3.05) is 5.32 Å². The van der Waals surface area contributed by atoms with Gasteiger partial charge in [0.1, 0.15) is 5.82 Å². The molecule has 2 aromatic carbocycles. The number of anilines is 1. The lowest BCUT2D eigenvalue weighted by atomic mass is 9.89. The quantitative estimate of drug-likeness (QED) is 0.418. The largest absolute Gasteiger partial charge is 0.294 e. The monoisotopic (exact) mass is 448 g/mol. The Labute approximate surface area is 188 Å². The first-order valence-corrected chi connectivity index (χ1v) is 11.5. The van der Waals surface area contributed by atoms with Crippen LogP contribution in [0.2, 0.25) is 0 Å². The summed E-state index contributed by atoms with van der Waals surface area (Å²) in [7, 11) is 0. The first-order valence-electron chi connectivity index (χ1n) is 10.6. The number of halogens is 1. The van der Waals surface area contributed by atoms with E-state index < -0.39 is 0 Å². The van der Waals surface area contributed by atoms with Crippen LogP contribution in [-0.2, 0) is 17.6 Å². The third-order valence-corrected chi connectivity index (χ3v) is 6.54. The Balaban J connectivity index is 1.22. The van der Waals surface area contributed by atoms with E-state index >= 15 is 0 Å². The number of fused-ring (bicyclic) bond motifs is 2. The van der Waals surface area contributed by atoms with Crippen LogP contribution in [-0.4, -0.2) is 26.3 Å². The standard InChI is InChI=1S/C24H21FN4O2S/c25-19-9-7-16(8-10-19)20-14-32-24-27-23(28-29(20)24)26-22(31)12-11-21(30)18-6-5-15-3-1-2-4-17(15)13-18/h5-10,13-14H,1-4,11-12H2,(H,26,28,31). The second-order valence-electron chi connectivity index (χ2n) is 7.92. The van der Waals surface area contributed by atoms with Crippen molar-refractivity contribution in [1.82, 2.24) is 14.6 Å². The van der Waals surface area contributed by atoms with E-state index in [2.05, 4.69) is 15.4 Å². The molecule has 0 atom stereocenters. The summed E-state index contributed by atoms with van der Waals surface area (Å²) in [5.74, 6) is -0.466. The number of amides is 1. The van der Waals surface area contributed by atoms with E-state index in [9.17, 15) is 14.0 Å². The molecule has 0 unspecified atom stereocenters. The number of nitrogens with zero attached hydrogens (tertiary/aromatic N) is 3. The SMILES string of the molecule is O=C(CCC(=O)c1ccc2c(c1)CCCC2)Nc1nc2scc(-c3ccc(F)cc3)n2n1. The normalized spacial score (nSPS) is 13.2. The van der Waals surface area contributed by atoms with Gasteiger partial charge in [0.25, 0.3) is 0 Å². The average Bonchev–Trinajstić information content (AvgIpc) is 3.38. The maximum atomic E-state index is 13.2. The van der Waals surface area contributed by atoms with Gasteiger partial charge in [-0.1, -0.05) is 12.1 Å². The minimum atomic E-state index is -0.309. The maximum Gasteiger partial charge on any atom is 0.250 e. The highest BCUT2D eigenvalue weighted by Crippen LogP contribution is 2.26. The number of carbonyl (C=O) groups is 2. The van der Waals surface area contributed by atoms with Crippen molar-refractivity contribution in [3.63, 3.8) is 0 Å². The lowest BCUT2D eigenvalue weighted by Gasteiger charge is -2.16. The Bertz CT molecular complexity index is 1310. The zero-order valence-electron chi connectivity index (χ0n) is 17.3. The van der Waals surface area contributed by atoms with Crippen LogP contribution in [0.5, 0.6) is 0 Å². The van der Waals surface area contributed by atoms with Crippen molar-refractivity contribution in [1.29, 1.82) is 0 Å². The van der Waals surface area contributed by atoms with E-state index in [0.29, 0.717) is 10.5 Å². The van der Waals surface area contributed by atoms with Crippen LogP contribution in [0, 0.1) is 5.82 Å². The molecule has 162 valence electrons. The molecule has 1 N–H and O–H groups in total. The first-order chi connectivity index (χ1) is 15.6. The molecule has 8 heteroatoms. The number of aromatic nitrogens is 3. The minimum Gasteiger partial charge on any atom is -0.294 e. The molecule has 4 aromatic rings. The number of hydrogen-bond acceptors (Lipinski definition) is 5. The van der Waals surface area contributed by atoms with Gasteiger partial charge in [0.15, 0.2) is 5.78 Å². The van der Waals surface area contributed by atoms with Gasteiger partial charge < -0.3 is 0 Å². The van der Waals surface area contributed by atoms with E-state index in [1.165, 1.54) is 41.0 Å². The third kappa shape index (κ3) is 4.18. The number of nitrogens with one attached hydrogen (secondary N) is 1. The molecule has 5 rings (SSSR count). The van der Waals surface area contributed by atoms with Crippen LogP contribution >= 0.6 is 11.3 Å². The fourth-order valence-electron chi connectivity index (χ4n) is 4.02. The number of thiazole rings is 1. The molecule has 0 radical (unpaired) electrons. The predicted octanol–water partition coefficient (Wildman–Crippen LogP) is 5.08. The minimum absolute atomic E-state index is 0.0362. The zero-order valence-corrected chi connectivity index (χ0v) is 18.1. The molecule has 0 spiro atoms. The van der Waals surface area contributed by atoms with Crippen LogP contribution in [0.4, 0.5) is 10.3 Å². The van der Waals surface area contributed by atoms with Gasteiger partial charge in [0.2, 0.25) is 16.8 Å². The third-order valence-electron chi connectivity index (χ3n) is 5.72.